The topological polar surface area (TPSA) is 70.0 Å². The maximum absolute atomic E-state index is 12.3. The molecule has 0 amide bonds. The van der Waals surface area contributed by atoms with Crippen molar-refractivity contribution in [1.82, 2.24) is 4.72 Å². The molecule has 0 radical (unpaired) electrons. The summed E-state index contributed by atoms with van der Waals surface area (Å²) in [7, 11) is -3.40. The molecule has 4 nitrogen and oxygen atoms in total. The van der Waals surface area contributed by atoms with Crippen LogP contribution in [0.15, 0.2) is 24.3 Å². The van der Waals surface area contributed by atoms with Gasteiger partial charge in [-0.15, -0.1) is 0 Å². The molecule has 6 heteroatoms. The average molecular weight is 324 g/mol. The lowest BCUT2D eigenvalue weighted by Gasteiger charge is -2.27. The molecule has 0 heterocycles. The van der Waals surface area contributed by atoms with Crippen molar-refractivity contribution in [2.45, 2.75) is 42.7 Å². The van der Waals surface area contributed by atoms with Crippen LogP contribution >= 0.6 is 11.8 Å². The number of nitriles is 1. The zero-order valence-electron chi connectivity index (χ0n) is 12.1. The van der Waals surface area contributed by atoms with E-state index in [1.165, 1.54) is 0 Å². The lowest BCUT2D eigenvalue weighted by atomic mass is 9.96. The SMILES string of the molecule is CSC1CCC(NS(=O)(=O)Cc2ccccc2C#N)CC1. The second-order valence-electron chi connectivity index (χ2n) is 5.36. The second kappa shape index (κ2) is 7.30. The number of hydrogen-bond donors (Lipinski definition) is 1. The summed E-state index contributed by atoms with van der Waals surface area (Å²) >= 11 is 1.86. The maximum Gasteiger partial charge on any atom is 0.216 e. The van der Waals surface area contributed by atoms with Gasteiger partial charge in [0.25, 0.3) is 0 Å². The number of hydrogen-bond acceptors (Lipinski definition) is 4. The normalized spacial score (nSPS) is 22.7. The minimum atomic E-state index is -3.40. The molecule has 1 aliphatic carbocycles. The molecular weight excluding hydrogens is 304 g/mol. The van der Waals surface area contributed by atoms with Crippen molar-refractivity contribution in [3.63, 3.8) is 0 Å². The van der Waals surface area contributed by atoms with Crippen molar-refractivity contribution in [3.8, 4) is 6.07 Å². The Labute approximate surface area is 131 Å². The number of thioether (sulfide) groups is 1. The number of benzene rings is 1. The predicted molar refractivity (Wildman–Crippen MR) is 86.5 cm³/mol. The first-order chi connectivity index (χ1) is 10.0. The van der Waals surface area contributed by atoms with Crippen molar-refractivity contribution in [1.29, 1.82) is 5.26 Å². The van der Waals surface area contributed by atoms with Crippen LogP contribution in [-0.4, -0.2) is 26.0 Å². The summed E-state index contributed by atoms with van der Waals surface area (Å²) in [4.78, 5) is 0. The zero-order valence-corrected chi connectivity index (χ0v) is 13.7. The van der Waals surface area contributed by atoms with Crippen LogP contribution in [0, 0.1) is 11.3 Å². The Morgan fingerprint density at radius 1 is 1.29 bits per heavy atom. The van der Waals surface area contributed by atoms with Crippen LogP contribution in [0.2, 0.25) is 0 Å². The highest BCUT2D eigenvalue weighted by Gasteiger charge is 2.24. The van der Waals surface area contributed by atoms with Crippen LogP contribution in [-0.2, 0) is 15.8 Å². The molecule has 0 bridgehead atoms. The number of rotatable bonds is 5. The van der Waals surface area contributed by atoms with E-state index in [0.29, 0.717) is 16.4 Å². The lowest BCUT2D eigenvalue weighted by molar-refractivity contribution is 0.420. The molecule has 0 spiro atoms. The Bertz CT molecular complexity index is 615. The zero-order chi connectivity index (χ0) is 15.3. The third-order valence-electron chi connectivity index (χ3n) is 3.84. The molecule has 0 saturated heterocycles. The van der Waals surface area contributed by atoms with E-state index in [0.717, 1.165) is 25.7 Å². The van der Waals surface area contributed by atoms with E-state index in [-0.39, 0.29) is 11.8 Å². The smallest absolute Gasteiger partial charge is 0.212 e. The van der Waals surface area contributed by atoms with Crippen LogP contribution < -0.4 is 4.72 Å². The number of nitrogens with one attached hydrogen (secondary N) is 1. The molecule has 2 rings (SSSR count). The van der Waals surface area contributed by atoms with Crippen molar-refractivity contribution in [2.24, 2.45) is 0 Å². The predicted octanol–water partition coefficient (Wildman–Crippen LogP) is 2.65. The van der Waals surface area contributed by atoms with Crippen molar-refractivity contribution >= 4 is 21.8 Å². The van der Waals surface area contributed by atoms with Gasteiger partial charge in [0.05, 0.1) is 17.4 Å². The molecule has 0 unspecified atom stereocenters. The summed E-state index contributed by atoms with van der Waals surface area (Å²) in [5, 5.41) is 9.68. The van der Waals surface area contributed by atoms with E-state index in [4.69, 9.17) is 5.26 Å². The number of sulfonamides is 1. The van der Waals surface area contributed by atoms with E-state index in [1.54, 1.807) is 24.3 Å². The highest BCUT2D eigenvalue weighted by atomic mass is 32.2. The third-order valence-corrected chi connectivity index (χ3v) is 6.36. The Morgan fingerprint density at radius 3 is 2.57 bits per heavy atom. The summed E-state index contributed by atoms with van der Waals surface area (Å²) in [5.41, 5.74) is 0.985. The standard InChI is InChI=1S/C15H20N2O2S2/c1-20-15-8-6-14(7-9-15)17-21(18,19)11-13-5-3-2-4-12(13)10-16/h2-5,14-15,17H,6-9,11H2,1H3. The van der Waals surface area contributed by atoms with Crippen LogP contribution in [0.1, 0.15) is 36.8 Å². The van der Waals surface area contributed by atoms with Crippen LogP contribution in [0.25, 0.3) is 0 Å². The Morgan fingerprint density at radius 2 is 1.95 bits per heavy atom. The first kappa shape index (κ1) is 16.3. The van der Waals surface area contributed by atoms with Gasteiger partial charge < -0.3 is 0 Å². The Balaban J connectivity index is 1.98. The van der Waals surface area contributed by atoms with Gasteiger partial charge in [0, 0.05) is 11.3 Å². The van der Waals surface area contributed by atoms with Crippen molar-refractivity contribution < 1.29 is 8.42 Å². The van der Waals surface area contributed by atoms with Gasteiger partial charge in [-0.1, -0.05) is 18.2 Å². The largest absolute Gasteiger partial charge is 0.216 e. The van der Waals surface area contributed by atoms with Gasteiger partial charge in [-0.05, 0) is 43.6 Å². The fourth-order valence-corrected chi connectivity index (χ4v) is 4.90. The second-order valence-corrected chi connectivity index (χ2v) is 8.25. The molecule has 1 saturated carbocycles. The van der Waals surface area contributed by atoms with E-state index < -0.39 is 10.0 Å². The molecule has 0 aromatic heterocycles. The summed E-state index contributed by atoms with van der Waals surface area (Å²) in [5.74, 6) is -0.126. The fourth-order valence-electron chi connectivity index (χ4n) is 2.67. The molecule has 1 aromatic carbocycles. The summed E-state index contributed by atoms with van der Waals surface area (Å²) in [6.45, 7) is 0. The van der Waals surface area contributed by atoms with E-state index in [2.05, 4.69) is 11.0 Å². The Hall–Kier alpha value is -1.03. The van der Waals surface area contributed by atoms with Gasteiger partial charge in [-0.25, -0.2) is 13.1 Å². The van der Waals surface area contributed by atoms with Gasteiger partial charge in [-0.3, -0.25) is 0 Å². The Kier molecular flexibility index (Phi) is 5.68. The van der Waals surface area contributed by atoms with E-state index in [1.807, 2.05) is 17.8 Å². The van der Waals surface area contributed by atoms with Crippen LogP contribution in [0.4, 0.5) is 0 Å². The third kappa shape index (κ3) is 4.73. The molecular formula is C15H20N2O2S2. The molecule has 0 aliphatic heterocycles. The molecule has 21 heavy (non-hydrogen) atoms. The summed E-state index contributed by atoms with van der Waals surface area (Å²) in [6.07, 6.45) is 6.01. The maximum atomic E-state index is 12.3. The highest BCUT2D eigenvalue weighted by Crippen LogP contribution is 2.27. The molecule has 1 N–H and O–H groups in total. The first-order valence-corrected chi connectivity index (χ1v) is 9.99. The fraction of sp³-hybridized carbons (Fsp3) is 0.533. The molecule has 1 aromatic rings. The van der Waals surface area contributed by atoms with Gasteiger partial charge >= 0.3 is 0 Å². The average Bonchev–Trinajstić information content (AvgIpc) is 2.47. The number of nitrogens with zero attached hydrogens (tertiary/aromatic N) is 1. The summed E-state index contributed by atoms with van der Waals surface area (Å²) in [6, 6.07) is 8.92. The van der Waals surface area contributed by atoms with Gasteiger partial charge in [0.15, 0.2) is 0 Å². The molecule has 1 fully saturated rings. The van der Waals surface area contributed by atoms with Crippen LogP contribution in [0.3, 0.4) is 0 Å². The van der Waals surface area contributed by atoms with E-state index >= 15 is 0 Å². The quantitative estimate of drug-likeness (QED) is 0.904. The minimum Gasteiger partial charge on any atom is -0.212 e. The van der Waals surface area contributed by atoms with Gasteiger partial charge in [-0.2, -0.15) is 17.0 Å². The summed E-state index contributed by atoms with van der Waals surface area (Å²) < 4.78 is 27.3. The van der Waals surface area contributed by atoms with E-state index in [9.17, 15) is 8.42 Å². The van der Waals surface area contributed by atoms with Crippen LogP contribution in [0.5, 0.6) is 0 Å². The lowest BCUT2D eigenvalue weighted by Crippen LogP contribution is -2.38. The van der Waals surface area contributed by atoms with Crippen molar-refractivity contribution in [3.05, 3.63) is 35.4 Å². The first-order valence-electron chi connectivity index (χ1n) is 7.05. The minimum absolute atomic E-state index is 0.0349. The highest BCUT2D eigenvalue weighted by molar-refractivity contribution is 7.99. The molecule has 0 atom stereocenters. The van der Waals surface area contributed by atoms with Gasteiger partial charge in [0.2, 0.25) is 10.0 Å². The molecule has 1 aliphatic rings. The molecule has 114 valence electrons. The monoisotopic (exact) mass is 324 g/mol. The van der Waals surface area contributed by atoms with Crippen molar-refractivity contribution in [2.75, 3.05) is 6.26 Å². The van der Waals surface area contributed by atoms with Gasteiger partial charge in [0.1, 0.15) is 0 Å².